The van der Waals surface area contributed by atoms with E-state index in [0.29, 0.717) is 12.0 Å². The Hall–Kier alpha value is -0.410. The van der Waals surface area contributed by atoms with Gasteiger partial charge in [0.05, 0.1) is 11.2 Å². The molecule has 0 saturated heterocycles. The fourth-order valence-corrected chi connectivity index (χ4v) is 4.81. The van der Waals surface area contributed by atoms with Gasteiger partial charge in [-0.05, 0) is 51.4 Å². The Labute approximate surface area is 134 Å². The maximum atomic E-state index is 4.99. The molecular formula is C18H32N2S. The van der Waals surface area contributed by atoms with Gasteiger partial charge >= 0.3 is 0 Å². The topological polar surface area (TPSA) is 24.9 Å². The lowest BCUT2D eigenvalue weighted by Crippen LogP contribution is -2.48. The highest BCUT2D eigenvalue weighted by atomic mass is 32.1. The Kier molecular flexibility index (Phi) is 5.84. The third-order valence-electron chi connectivity index (χ3n) is 4.74. The second-order valence-corrected chi connectivity index (χ2v) is 8.20. The minimum absolute atomic E-state index is 0.135. The van der Waals surface area contributed by atoms with Crippen LogP contribution in [0.25, 0.3) is 0 Å². The summed E-state index contributed by atoms with van der Waals surface area (Å²) in [6.07, 6.45) is 7.92. The molecule has 1 fully saturated rings. The van der Waals surface area contributed by atoms with E-state index in [1.165, 1.54) is 49.2 Å². The fourth-order valence-electron chi connectivity index (χ4n) is 3.61. The molecule has 1 N–H and O–H groups in total. The van der Waals surface area contributed by atoms with Gasteiger partial charge in [-0.3, -0.25) is 0 Å². The van der Waals surface area contributed by atoms with Crippen molar-refractivity contribution in [2.75, 3.05) is 0 Å². The van der Waals surface area contributed by atoms with Gasteiger partial charge in [0.15, 0.2) is 0 Å². The minimum Gasteiger partial charge on any atom is -0.303 e. The molecule has 0 unspecified atom stereocenters. The first-order chi connectivity index (χ1) is 9.97. The second-order valence-electron chi connectivity index (χ2n) is 7.35. The highest BCUT2D eigenvalue weighted by Crippen LogP contribution is 2.42. The Bertz CT molecular complexity index is 428. The summed E-state index contributed by atoms with van der Waals surface area (Å²) in [7, 11) is 0. The summed E-state index contributed by atoms with van der Waals surface area (Å²) < 4.78 is 0. The van der Waals surface area contributed by atoms with Crippen LogP contribution in [-0.4, -0.2) is 11.0 Å². The van der Waals surface area contributed by atoms with Crippen molar-refractivity contribution in [2.24, 2.45) is 5.92 Å². The van der Waals surface area contributed by atoms with Crippen LogP contribution in [0.4, 0.5) is 0 Å². The molecule has 1 aromatic rings. The number of rotatable bonds is 6. The highest BCUT2D eigenvalue weighted by Gasteiger charge is 2.39. The molecule has 1 aliphatic rings. The molecule has 3 heteroatoms. The molecule has 0 spiro atoms. The predicted octanol–water partition coefficient (Wildman–Crippen LogP) is 5.45. The van der Waals surface area contributed by atoms with Crippen molar-refractivity contribution in [1.82, 2.24) is 10.3 Å². The van der Waals surface area contributed by atoms with E-state index in [2.05, 4.69) is 45.3 Å². The van der Waals surface area contributed by atoms with E-state index >= 15 is 0 Å². The van der Waals surface area contributed by atoms with Crippen LogP contribution >= 0.6 is 11.3 Å². The maximum Gasteiger partial charge on any atom is 0.113 e. The van der Waals surface area contributed by atoms with Crippen LogP contribution in [0.15, 0.2) is 5.38 Å². The molecular weight excluding hydrogens is 276 g/mol. The summed E-state index contributed by atoms with van der Waals surface area (Å²) >= 11 is 1.87. The van der Waals surface area contributed by atoms with Crippen molar-refractivity contribution in [3.8, 4) is 0 Å². The number of hydrogen-bond donors (Lipinski definition) is 1. The maximum absolute atomic E-state index is 4.99. The van der Waals surface area contributed by atoms with Crippen LogP contribution in [-0.2, 0) is 5.54 Å². The Morgan fingerprint density at radius 3 is 2.43 bits per heavy atom. The van der Waals surface area contributed by atoms with Crippen LogP contribution in [0.1, 0.15) is 89.8 Å². The zero-order valence-corrected chi connectivity index (χ0v) is 15.2. The zero-order valence-electron chi connectivity index (χ0n) is 14.4. The molecule has 1 aromatic heterocycles. The standard InChI is InChI=1S/C18H32N2S/c1-6-7-15-8-10-18(11-9-15,20-14(4)5)17-19-16(12-21-17)13(2)3/h12-15,20H,6-11H2,1-5H3. The molecule has 0 amide bonds. The molecule has 0 radical (unpaired) electrons. The SMILES string of the molecule is CCCC1CCC(NC(C)C)(c2nc(C(C)C)cs2)CC1. The van der Waals surface area contributed by atoms with Crippen LogP contribution < -0.4 is 5.32 Å². The summed E-state index contributed by atoms with van der Waals surface area (Å²) in [5.74, 6) is 1.46. The summed E-state index contributed by atoms with van der Waals surface area (Å²) in [6, 6.07) is 0.513. The van der Waals surface area contributed by atoms with Crippen molar-refractivity contribution < 1.29 is 0 Å². The van der Waals surface area contributed by atoms with E-state index in [9.17, 15) is 0 Å². The van der Waals surface area contributed by atoms with E-state index in [4.69, 9.17) is 4.98 Å². The van der Waals surface area contributed by atoms with E-state index < -0.39 is 0 Å². The molecule has 1 aliphatic carbocycles. The fraction of sp³-hybridized carbons (Fsp3) is 0.833. The molecule has 1 heterocycles. The van der Waals surface area contributed by atoms with Gasteiger partial charge in [-0.1, -0.05) is 33.6 Å². The first kappa shape index (κ1) is 17.0. The summed E-state index contributed by atoms with van der Waals surface area (Å²) in [5.41, 5.74) is 1.39. The molecule has 120 valence electrons. The monoisotopic (exact) mass is 308 g/mol. The normalized spacial score (nSPS) is 26.7. The van der Waals surface area contributed by atoms with Crippen LogP contribution in [0.2, 0.25) is 0 Å². The van der Waals surface area contributed by atoms with Crippen LogP contribution in [0.3, 0.4) is 0 Å². The molecule has 0 aromatic carbocycles. The summed E-state index contributed by atoms with van der Waals surface area (Å²) in [4.78, 5) is 4.99. The number of nitrogens with one attached hydrogen (secondary N) is 1. The lowest BCUT2D eigenvalue weighted by molar-refractivity contribution is 0.170. The smallest absolute Gasteiger partial charge is 0.113 e. The Balaban J connectivity index is 2.17. The van der Waals surface area contributed by atoms with Gasteiger partial charge in [-0.15, -0.1) is 11.3 Å². The third kappa shape index (κ3) is 4.07. The van der Waals surface area contributed by atoms with Crippen molar-refractivity contribution in [2.45, 2.75) is 90.6 Å². The number of thiazole rings is 1. The van der Waals surface area contributed by atoms with E-state index in [0.717, 1.165) is 5.92 Å². The lowest BCUT2D eigenvalue weighted by Gasteiger charge is -2.41. The molecule has 21 heavy (non-hydrogen) atoms. The lowest BCUT2D eigenvalue weighted by atomic mass is 9.75. The van der Waals surface area contributed by atoms with E-state index in [1.807, 2.05) is 11.3 Å². The first-order valence-electron chi connectivity index (χ1n) is 8.70. The van der Waals surface area contributed by atoms with E-state index in [1.54, 1.807) is 0 Å². The van der Waals surface area contributed by atoms with Gasteiger partial charge in [-0.25, -0.2) is 4.98 Å². The van der Waals surface area contributed by atoms with Crippen molar-refractivity contribution in [1.29, 1.82) is 0 Å². The second kappa shape index (κ2) is 7.23. The van der Waals surface area contributed by atoms with Gasteiger partial charge in [-0.2, -0.15) is 0 Å². The minimum atomic E-state index is 0.135. The van der Waals surface area contributed by atoms with Gasteiger partial charge in [0.2, 0.25) is 0 Å². The molecule has 2 nitrogen and oxygen atoms in total. The molecule has 0 aliphatic heterocycles. The largest absolute Gasteiger partial charge is 0.303 e. The van der Waals surface area contributed by atoms with Crippen molar-refractivity contribution in [3.05, 3.63) is 16.1 Å². The Morgan fingerprint density at radius 2 is 1.95 bits per heavy atom. The van der Waals surface area contributed by atoms with Crippen molar-refractivity contribution >= 4 is 11.3 Å². The first-order valence-corrected chi connectivity index (χ1v) is 9.58. The van der Waals surface area contributed by atoms with Crippen LogP contribution in [0, 0.1) is 5.92 Å². The van der Waals surface area contributed by atoms with Crippen LogP contribution in [0.5, 0.6) is 0 Å². The quantitative estimate of drug-likeness (QED) is 0.756. The predicted molar refractivity (Wildman–Crippen MR) is 93.0 cm³/mol. The zero-order chi connectivity index (χ0) is 15.5. The number of hydrogen-bond acceptors (Lipinski definition) is 3. The molecule has 1 saturated carbocycles. The summed E-state index contributed by atoms with van der Waals surface area (Å²) in [6.45, 7) is 11.3. The van der Waals surface area contributed by atoms with Gasteiger partial charge in [0.1, 0.15) is 5.01 Å². The molecule has 0 atom stereocenters. The van der Waals surface area contributed by atoms with Gasteiger partial charge in [0, 0.05) is 11.4 Å². The number of nitrogens with zero attached hydrogens (tertiary/aromatic N) is 1. The van der Waals surface area contributed by atoms with E-state index in [-0.39, 0.29) is 5.54 Å². The Morgan fingerprint density at radius 1 is 1.29 bits per heavy atom. The average molecular weight is 309 g/mol. The number of aromatic nitrogens is 1. The van der Waals surface area contributed by atoms with Gasteiger partial charge in [0.25, 0.3) is 0 Å². The summed E-state index contributed by atoms with van der Waals surface area (Å²) in [5, 5.41) is 7.47. The molecule has 2 rings (SSSR count). The highest BCUT2D eigenvalue weighted by molar-refractivity contribution is 7.09. The van der Waals surface area contributed by atoms with Crippen molar-refractivity contribution in [3.63, 3.8) is 0 Å². The third-order valence-corrected chi connectivity index (χ3v) is 5.81. The van der Waals surface area contributed by atoms with Gasteiger partial charge < -0.3 is 5.32 Å². The average Bonchev–Trinajstić information content (AvgIpc) is 2.91. The molecule has 0 bridgehead atoms.